The second kappa shape index (κ2) is 5.40. The predicted molar refractivity (Wildman–Crippen MR) is 71.6 cm³/mol. The van der Waals surface area contributed by atoms with Gasteiger partial charge in [0, 0.05) is 17.9 Å². The van der Waals surface area contributed by atoms with Gasteiger partial charge in [-0.15, -0.1) is 0 Å². The Balaban J connectivity index is 2.10. The minimum atomic E-state index is -0.0605. The maximum Gasteiger partial charge on any atom is 0.251 e. The van der Waals surface area contributed by atoms with Gasteiger partial charge in [-0.25, -0.2) is 0 Å². The summed E-state index contributed by atoms with van der Waals surface area (Å²) >= 11 is 0. The largest absolute Gasteiger partial charge is 0.398 e. The van der Waals surface area contributed by atoms with Gasteiger partial charge < -0.3 is 15.8 Å². The van der Waals surface area contributed by atoms with E-state index in [0.717, 1.165) is 30.6 Å². The number of nitrogen functional groups attached to an aromatic ring is 1. The van der Waals surface area contributed by atoms with Gasteiger partial charge in [0.2, 0.25) is 0 Å². The highest BCUT2D eigenvalue weighted by atomic mass is 16.5. The molecule has 1 aromatic carbocycles. The lowest BCUT2D eigenvalue weighted by Gasteiger charge is -2.23. The minimum absolute atomic E-state index is 0.0605. The molecular formula is C14H20N2O2. The topological polar surface area (TPSA) is 64.3 Å². The third-order valence-corrected chi connectivity index (χ3v) is 3.35. The van der Waals surface area contributed by atoms with Gasteiger partial charge in [0.05, 0.1) is 12.6 Å². The summed E-state index contributed by atoms with van der Waals surface area (Å²) in [6, 6.07) is 3.82. The summed E-state index contributed by atoms with van der Waals surface area (Å²) in [7, 11) is 0. The first kappa shape index (κ1) is 12.9. The SMILES string of the molecule is Cc1cc(C)c(C(=O)NC2CCCOC2)cc1N. The van der Waals surface area contributed by atoms with Crippen molar-refractivity contribution in [1.82, 2.24) is 5.32 Å². The van der Waals surface area contributed by atoms with Crippen molar-refractivity contribution >= 4 is 11.6 Å². The summed E-state index contributed by atoms with van der Waals surface area (Å²) in [6.45, 7) is 5.27. The maximum atomic E-state index is 12.2. The molecule has 1 amide bonds. The number of rotatable bonds is 2. The van der Waals surface area contributed by atoms with E-state index in [1.54, 1.807) is 6.07 Å². The van der Waals surface area contributed by atoms with Crippen molar-refractivity contribution in [3.63, 3.8) is 0 Å². The van der Waals surface area contributed by atoms with Crippen LogP contribution in [0.15, 0.2) is 12.1 Å². The van der Waals surface area contributed by atoms with Crippen LogP contribution in [0.3, 0.4) is 0 Å². The molecule has 1 unspecified atom stereocenters. The van der Waals surface area contributed by atoms with Gasteiger partial charge in [0.1, 0.15) is 0 Å². The Bertz CT molecular complexity index is 451. The first-order chi connectivity index (χ1) is 8.58. The van der Waals surface area contributed by atoms with E-state index in [0.29, 0.717) is 17.9 Å². The second-order valence-corrected chi connectivity index (χ2v) is 4.91. The Morgan fingerprint density at radius 2 is 2.17 bits per heavy atom. The first-order valence-corrected chi connectivity index (χ1v) is 6.33. The van der Waals surface area contributed by atoms with Crippen LogP contribution in [0.4, 0.5) is 5.69 Å². The standard InChI is InChI=1S/C14H20N2O2/c1-9-6-10(2)13(15)7-12(9)14(17)16-11-4-3-5-18-8-11/h6-7,11H,3-5,8,15H2,1-2H3,(H,16,17). The number of amides is 1. The third kappa shape index (κ3) is 2.82. The number of carbonyl (C=O) groups excluding carboxylic acids is 1. The van der Waals surface area contributed by atoms with E-state index < -0.39 is 0 Å². The van der Waals surface area contributed by atoms with Crippen LogP contribution in [0, 0.1) is 13.8 Å². The van der Waals surface area contributed by atoms with Crippen molar-refractivity contribution in [3.8, 4) is 0 Å². The van der Waals surface area contributed by atoms with Crippen LogP contribution in [0.25, 0.3) is 0 Å². The first-order valence-electron chi connectivity index (χ1n) is 6.33. The van der Waals surface area contributed by atoms with Gasteiger partial charge in [-0.3, -0.25) is 4.79 Å². The van der Waals surface area contributed by atoms with Crippen molar-refractivity contribution < 1.29 is 9.53 Å². The molecule has 1 fully saturated rings. The fraction of sp³-hybridized carbons (Fsp3) is 0.500. The molecule has 0 aromatic heterocycles. The Morgan fingerprint density at radius 1 is 1.39 bits per heavy atom. The summed E-state index contributed by atoms with van der Waals surface area (Å²) in [5, 5.41) is 3.00. The Labute approximate surface area is 108 Å². The summed E-state index contributed by atoms with van der Waals surface area (Å²) in [4.78, 5) is 12.2. The fourth-order valence-corrected chi connectivity index (χ4v) is 2.23. The molecule has 0 bridgehead atoms. The lowest BCUT2D eigenvalue weighted by atomic mass is 10.0. The molecule has 2 rings (SSSR count). The van der Waals surface area contributed by atoms with Crippen LogP contribution >= 0.6 is 0 Å². The van der Waals surface area contributed by atoms with Crippen molar-refractivity contribution in [1.29, 1.82) is 0 Å². The molecule has 1 atom stereocenters. The molecule has 4 nitrogen and oxygen atoms in total. The van der Waals surface area contributed by atoms with Crippen LogP contribution in [0.2, 0.25) is 0 Å². The zero-order valence-electron chi connectivity index (χ0n) is 11.0. The molecule has 1 aromatic rings. The molecule has 1 heterocycles. The van der Waals surface area contributed by atoms with E-state index in [9.17, 15) is 4.79 Å². The molecule has 0 spiro atoms. The molecule has 0 saturated carbocycles. The normalized spacial score (nSPS) is 19.6. The molecule has 0 aliphatic carbocycles. The van der Waals surface area contributed by atoms with Crippen molar-refractivity contribution in [3.05, 3.63) is 28.8 Å². The number of aryl methyl sites for hydroxylation is 2. The molecule has 1 aliphatic rings. The number of nitrogens with one attached hydrogen (secondary N) is 1. The highest BCUT2D eigenvalue weighted by Gasteiger charge is 2.18. The van der Waals surface area contributed by atoms with E-state index in [1.165, 1.54) is 0 Å². The van der Waals surface area contributed by atoms with Crippen LogP contribution in [0.5, 0.6) is 0 Å². The molecule has 0 radical (unpaired) electrons. The number of carbonyl (C=O) groups is 1. The van der Waals surface area contributed by atoms with Crippen LogP contribution in [0.1, 0.15) is 34.3 Å². The lowest BCUT2D eigenvalue weighted by molar-refractivity contribution is 0.0624. The Hall–Kier alpha value is -1.55. The fourth-order valence-electron chi connectivity index (χ4n) is 2.23. The van der Waals surface area contributed by atoms with Gasteiger partial charge in [-0.1, -0.05) is 6.07 Å². The van der Waals surface area contributed by atoms with E-state index >= 15 is 0 Å². The third-order valence-electron chi connectivity index (χ3n) is 3.35. The van der Waals surface area contributed by atoms with Gasteiger partial charge in [-0.2, -0.15) is 0 Å². The summed E-state index contributed by atoms with van der Waals surface area (Å²) in [6.07, 6.45) is 1.98. The van der Waals surface area contributed by atoms with Crippen LogP contribution in [-0.4, -0.2) is 25.2 Å². The number of nitrogens with two attached hydrogens (primary N) is 1. The van der Waals surface area contributed by atoms with Crippen LogP contribution < -0.4 is 11.1 Å². The average Bonchev–Trinajstić information content (AvgIpc) is 2.35. The number of anilines is 1. The molecule has 1 aliphatic heterocycles. The Kier molecular flexibility index (Phi) is 3.87. The molecule has 3 N–H and O–H groups in total. The summed E-state index contributed by atoms with van der Waals surface area (Å²) in [5.74, 6) is -0.0605. The molecule has 4 heteroatoms. The van der Waals surface area contributed by atoms with Gasteiger partial charge in [-0.05, 0) is 43.9 Å². The maximum absolute atomic E-state index is 12.2. The van der Waals surface area contributed by atoms with E-state index in [2.05, 4.69) is 5.32 Å². The zero-order valence-corrected chi connectivity index (χ0v) is 11.0. The molecule has 98 valence electrons. The van der Waals surface area contributed by atoms with E-state index in [-0.39, 0.29) is 11.9 Å². The van der Waals surface area contributed by atoms with E-state index in [4.69, 9.17) is 10.5 Å². The second-order valence-electron chi connectivity index (χ2n) is 4.91. The minimum Gasteiger partial charge on any atom is -0.398 e. The Morgan fingerprint density at radius 3 is 2.83 bits per heavy atom. The summed E-state index contributed by atoms with van der Waals surface area (Å²) in [5.41, 5.74) is 9.13. The van der Waals surface area contributed by atoms with Crippen molar-refractivity contribution in [2.45, 2.75) is 32.7 Å². The summed E-state index contributed by atoms with van der Waals surface area (Å²) < 4.78 is 5.35. The number of hydrogen-bond donors (Lipinski definition) is 2. The lowest BCUT2D eigenvalue weighted by Crippen LogP contribution is -2.40. The van der Waals surface area contributed by atoms with Gasteiger partial charge in [0.15, 0.2) is 0 Å². The van der Waals surface area contributed by atoms with Gasteiger partial charge >= 0.3 is 0 Å². The number of hydrogen-bond acceptors (Lipinski definition) is 3. The van der Waals surface area contributed by atoms with Crippen molar-refractivity contribution in [2.24, 2.45) is 0 Å². The number of ether oxygens (including phenoxy) is 1. The smallest absolute Gasteiger partial charge is 0.251 e. The zero-order chi connectivity index (χ0) is 13.1. The quantitative estimate of drug-likeness (QED) is 0.784. The van der Waals surface area contributed by atoms with Crippen molar-refractivity contribution in [2.75, 3.05) is 18.9 Å². The predicted octanol–water partition coefficient (Wildman–Crippen LogP) is 1.79. The van der Waals surface area contributed by atoms with Crippen LogP contribution in [-0.2, 0) is 4.74 Å². The number of benzene rings is 1. The van der Waals surface area contributed by atoms with E-state index in [1.807, 2.05) is 19.9 Å². The van der Waals surface area contributed by atoms with Gasteiger partial charge in [0.25, 0.3) is 5.91 Å². The monoisotopic (exact) mass is 248 g/mol. The highest BCUT2D eigenvalue weighted by Crippen LogP contribution is 2.18. The molecule has 18 heavy (non-hydrogen) atoms. The molecular weight excluding hydrogens is 228 g/mol. The average molecular weight is 248 g/mol. The molecule has 1 saturated heterocycles. The highest BCUT2D eigenvalue weighted by molar-refractivity contribution is 5.96.